The Morgan fingerprint density at radius 3 is 2.77 bits per heavy atom. The first kappa shape index (κ1) is 14.5. The second-order valence-electron chi connectivity index (χ2n) is 5.34. The van der Waals surface area contributed by atoms with Gasteiger partial charge < -0.3 is 10.1 Å². The third-order valence-electron chi connectivity index (χ3n) is 4.08. The predicted octanol–water partition coefficient (Wildman–Crippen LogP) is 3.83. The van der Waals surface area contributed by atoms with Crippen molar-refractivity contribution in [2.45, 2.75) is 20.0 Å². The summed E-state index contributed by atoms with van der Waals surface area (Å²) in [6, 6.07) is 9.48. The van der Waals surface area contributed by atoms with E-state index in [9.17, 15) is 4.79 Å². The number of nitrogens with one attached hydrogen (secondary N) is 1. The lowest BCUT2D eigenvalue weighted by atomic mass is 9.97. The van der Waals surface area contributed by atoms with E-state index in [0.717, 1.165) is 22.4 Å². The van der Waals surface area contributed by atoms with Crippen LogP contribution in [0.4, 0.5) is 5.69 Å². The van der Waals surface area contributed by atoms with Crippen molar-refractivity contribution in [1.82, 2.24) is 4.98 Å². The number of aromatic nitrogens is 1. The molecule has 1 aromatic carbocycles. The maximum absolute atomic E-state index is 12.6. The lowest BCUT2D eigenvalue weighted by Crippen LogP contribution is -2.07. The Morgan fingerprint density at radius 1 is 1.27 bits per heavy atom. The number of fused-ring (bicyclic) bond motifs is 1. The molecule has 1 aliphatic rings. The maximum Gasteiger partial charge on any atom is 0.211 e. The number of anilines is 1. The summed E-state index contributed by atoms with van der Waals surface area (Å²) < 4.78 is 5.41. The monoisotopic (exact) mass is 294 g/mol. The third kappa shape index (κ3) is 2.31. The molecule has 0 amide bonds. The molecule has 0 saturated heterocycles. The van der Waals surface area contributed by atoms with Gasteiger partial charge in [-0.25, -0.2) is 0 Å². The Balaban J connectivity index is 2.09. The van der Waals surface area contributed by atoms with E-state index in [-0.39, 0.29) is 11.9 Å². The number of Topliss-reactive ketones (excluding diaryl/α,β-unsaturated/α-hetero) is 1. The van der Waals surface area contributed by atoms with Gasteiger partial charge in [-0.05, 0) is 43.2 Å². The Hall–Kier alpha value is -2.46. The van der Waals surface area contributed by atoms with Gasteiger partial charge in [0, 0.05) is 36.3 Å². The minimum Gasteiger partial charge on any atom is -0.377 e. The topological polar surface area (TPSA) is 51.2 Å². The van der Waals surface area contributed by atoms with Gasteiger partial charge >= 0.3 is 0 Å². The van der Waals surface area contributed by atoms with Gasteiger partial charge in [0.05, 0.1) is 11.8 Å². The molecule has 1 aromatic heterocycles. The second-order valence-corrected chi connectivity index (χ2v) is 5.34. The van der Waals surface area contributed by atoms with Crippen LogP contribution in [-0.2, 0) is 4.74 Å². The van der Waals surface area contributed by atoms with E-state index >= 15 is 0 Å². The first-order valence-corrected chi connectivity index (χ1v) is 7.22. The molecule has 1 unspecified atom stereocenters. The first-order chi connectivity index (χ1) is 10.6. The van der Waals surface area contributed by atoms with Crippen LogP contribution in [0.3, 0.4) is 0 Å². The van der Waals surface area contributed by atoms with Crippen LogP contribution < -0.4 is 5.32 Å². The van der Waals surface area contributed by atoms with Crippen molar-refractivity contribution >= 4 is 17.0 Å². The lowest BCUT2D eigenvalue weighted by Gasteiger charge is -2.16. The zero-order valence-electron chi connectivity index (χ0n) is 12.9. The van der Waals surface area contributed by atoms with Gasteiger partial charge in [0.2, 0.25) is 5.78 Å². The fourth-order valence-electron chi connectivity index (χ4n) is 2.71. The highest BCUT2D eigenvalue weighted by molar-refractivity contribution is 6.21. The molecule has 4 heteroatoms. The molecule has 2 aromatic rings. The van der Waals surface area contributed by atoms with Crippen LogP contribution in [0.2, 0.25) is 0 Å². The number of ketones is 1. The number of carbonyl (C=O) groups excluding carboxylic acids is 1. The van der Waals surface area contributed by atoms with Crippen LogP contribution in [0.15, 0.2) is 48.4 Å². The molecule has 0 spiro atoms. The van der Waals surface area contributed by atoms with Gasteiger partial charge in [0.25, 0.3) is 0 Å². The Morgan fingerprint density at radius 2 is 2.05 bits per heavy atom. The highest BCUT2D eigenvalue weighted by Crippen LogP contribution is 2.34. The summed E-state index contributed by atoms with van der Waals surface area (Å²) in [6.45, 7) is 3.92. The number of nitrogens with zero attached hydrogens (tertiary/aromatic N) is 1. The number of allylic oxidation sites excluding steroid dienone is 2. The summed E-state index contributed by atoms with van der Waals surface area (Å²) in [5.74, 6) is 0.0286. The number of rotatable bonds is 3. The van der Waals surface area contributed by atoms with Crippen molar-refractivity contribution < 1.29 is 9.53 Å². The minimum atomic E-state index is -0.0851. The molecule has 0 radical (unpaired) electrons. The average molecular weight is 294 g/mol. The fraction of sp³-hybridized carbons (Fsp3) is 0.222. The molecule has 0 fully saturated rings. The van der Waals surface area contributed by atoms with E-state index in [1.807, 2.05) is 44.2 Å². The molecular formula is C18H18N2O2. The molecule has 0 aliphatic carbocycles. The molecule has 2 heterocycles. The zero-order valence-corrected chi connectivity index (χ0v) is 12.9. The molecule has 1 atom stereocenters. The van der Waals surface area contributed by atoms with Crippen molar-refractivity contribution in [3.8, 4) is 0 Å². The van der Waals surface area contributed by atoms with Crippen LogP contribution in [0.1, 0.15) is 41.4 Å². The zero-order chi connectivity index (χ0) is 15.7. The van der Waals surface area contributed by atoms with Crippen LogP contribution in [-0.4, -0.2) is 17.9 Å². The van der Waals surface area contributed by atoms with E-state index in [4.69, 9.17) is 4.74 Å². The van der Waals surface area contributed by atoms with Gasteiger partial charge in [-0.15, -0.1) is 0 Å². The average Bonchev–Trinajstić information content (AvgIpc) is 2.91. The van der Waals surface area contributed by atoms with Gasteiger partial charge in [0.1, 0.15) is 0 Å². The molecule has 0 bridgehead atoms. The third-order valence-corrected chi connectivity index (χ3v) is 4.08. The van der Waals surface area contributed by atoms with Crippen LogP contribution >= 0.6 is 0 Å². The summed E-state index contributed by atoms with van der Waals surface area (Å²) in [5, 5.41) is 3.24. The minimum absolute atomic E-state index is 0.0286. The van der Waals surface area contributed by atoms with Crippen molar-refractivity contribution in [3.63, 3.8) is 0 Å². The van der Waals surface area contributed by atoms with Crippen LogP contribution in [0.25, 0.3) is 5.57 Å². The van der Waals surface area contributed by atoms with E-state index < -0.39 is 0 Å². The summed E-state index contributed by atoms with van der Waals surface area (Å²) in [5.41, 5.74) is 5.05. The van der Waals surface area contributed by atoms with Gasteiger partial charge in [-0.1, -0.05) is 12.1 Å². The van der Waals surface area contributed by atoms with Crippen molar-refractivity contribution in [3.05, 3.63) is 65.1 Å². The summed E-state index contributed by atoms with van der Waals surface area (Å²) >= 11 is 0. The molecule has 1 aliphatic heterocycles. The van der Waals surface area contributed by atoms with E-state index in [1.165, 1.54) is 0 Å². The summed E-state index contributed by atoms with van der Waals surface area (Å²) in [6.07, 6.45) is 3.44. The molecule has 1 N–H and O–H groups in total. The number of para-hydroxylation sites is 1. The van der Waals surface area contributed by atoms with Gasteiger partial charge in [-0.3, -0.25) is 9.78 Å². The van der Waals surface area contributed by atoms with Crippen molar-refractivity contribution in [1.29, 1.82) is 0 Å². The van der Waals surface area contributed by atoms with E-state index in [1.54, 1.807) is 19.5 Å². The molecule has 4 nitrogen and oxygen atoms in total. The SMILES string of the molecule is COC(C)c1cnccc1/C(C)=C1/Nc2ccccc2C1=O. The lowest BCUT2D eigenvalue weighted by molar-refractivity contribution is 0.104. The summed E-state index contributed by atoms with van der Waals surface area (Å²) in [7, 11) is 1.67. The number of hydrogen-bond acceptors (Lipinski definition) is 4. The quantitative estimate of drug-likeness (QED) is 0.874. The Bertz CT molecular complexity index is 765. The highest BCUT2D eigenvalue weighted by atomic mass is 16.5. The first-order valence-electron chi connectivity index (χ1n) is 7.22. The summed E-state index contributed by atoms with van der Waals surface area (Å²) in [4.78, 5) is 16.8. The smallest absolute Gasteiger partial charge is 0.211 e. The van der Waals surface area contributed by atoms with Crippen LogP contribution in [0.5, 0.6) is 0 Å². The Kier molecular flexibility index (Phi) is 3.77. The maximum atomic E-state index is 12.6. The number of ether oxygens (including phenoxy) is 1. The fourth-order valence-corrected chi connectivity index (χ4v) is 2.71. The number of hydrogen-bond donors (Lipinski definition) is 1. The molecule has 22 heavy (non-hydrogen) atoms. The molecule has 3 rings (SSSR count). The molecule has 112 valence electrons. The standard InChI is InChI=1S/C18H18N2O2/c1-11(13-8-9-19-10-15(13)12(2)22-3)17-18(21)14-6-4-5-7-16(14)20-17/h4-10,12,20H,1-3H3/b17-11+. The van der Waals surface area contributed by atoms with Crippen molar-refractivity contribution in [2.75, 3.05) is 12.4 Å². The predicted molar refractivity (Wildman–Crippen MR) is 86.7 cm³/mol. The molecule has 0 saturated carbocycles. The van der Waals surface area contributed by atoms with E-state index in [2.05, 4.69) is 10.3 Å². The Labute approximate surface area is 129 Å². The second kappa shape index (κ2) is 5.73. The van der Waals surface area contributed by atoms with Crippen molar-refractivity contribution in [2.24, 2.45) is 0 Å². The van der Waals surface area contributed by atoms with Crippen LogP contribution in [0, 0.1) is 0 Å². The van der Waals surface area contributed by atoms with Gasteiger partial charge in [0.15, 0.2) is 0 Å². The molecular weight excluding hydrogens is 276 g/mol. The van der Waals surface area contributed by atoms with Gasteiger partial charge in [-0.2, -0.15) is 0 Å². The number of benzene rings is 1. The number of carbonyl (C=O) groups is 1. The number of methoxy groups -OCH3 is 1. The van der Waals surface area contributed by atoms with E-state index in [0.29, 0.717) is 11.3 Å². The highest BCUT2D eigenvalue weighted by Gasteiger charge is 2.27. The number of pyridine rings is 1. The normalized spacial score (nSPS) is 17.0. The largest absolute Gasteiger partial charge is 0.377 e.